The van der Waals surface area contributed by atoms with Gasteiger partial charge >= 0.3 is 0 Å². The van der Waals surface area contributed by atoms with Crippen molar-refractivity contribution in [1.29, 1.82) is 0 Å². The number of rotatable bonds is 0. The number of nitrogens with one attached hydrogen (secondary N) is 1. The number of nitrogens with two attached hydrogens (primary N) is 1. The minimum atomic E-state index is 0.523. The number of hydrogen-bond acceptors (Lipinski definition) is 2. The summed E-state index contributed by atoms with van der Waals surface area (Å²) in [6.07, 6.45) is 1.26. The van der Waals surface area contributed by atoms with Crippen LogP contribution in [0.25, 0.3) is 0 Å². The molecule has 1 heterocycles. The van der Waals surface area contributed by atoms with E-state index in [1.54, 1.807) is 0 Å². The van der Waals surface area contributed by atoms with Crippen LogP contribution in [0.5, 0.6) is 0 Å². The van der Waals surface area contributed by atoms with Gasteiger partial charge in [-0.25, -0.2) is 0 Å². The van der Waals surface area contributed by atoms with E-state index in [0.29, 0.717) is 6.04 Å². The highest BCUT2D eigenvalue weighted by molar-refractivity contribution is 4.98. The highest BCUT2D eigenvalue weighted by Crippen LogP contribution is 2.35. The van der Waals surface area contributed by atoms with E-state index in [9.17, 15) is 0 Å². The first-order valence-corrected chi connectivity index (χ1v) is 3.34. The van der Waals surface area contributed by atoms with Crippen molar-refractivity contribution in [2.75, 3.05) is 13.1 Å². The topological polar surface area (TPSA) is 38.0 Å². The van der Waals surface area contributed by atoms with E-state index in [2.05, 4.69) is 5.32 Å². The second-order valence-electron chi connectivity index (χ2n) is 2.98. The minimum absolute atomic E-state index is 0.523. The Balaban J connectivity index is 2.02. The largest absolute Gasteiger partial charge is 0.327 e. The molecule has 1 aliphatic carbocycles. The van der Waals surface area contributed by atoms with Gasteiger partial charge in [0.15, 0.2) is 0 Å². The molecule has 46 valence electrons. The van der Waals surface area contributed by atoms with Crippen molar-refractivity contribution in [3.05, 3.63) is 0 Å². The molecule has 0 spiro atoms. The molecular weight excluding hydrogens is 100 g/mol. The molecule has 3 N–H and O–H groups in total. The molecule has 1 saturated heterocycles. The molecule has 1 aliphatic heterocycles. The predicted molar refractivity (Wildman–Crippen MR) is 32.4 cm³/mol. The summed E-state index contributed by atoms with van der Waals surface area (Å²) in [7, 11) is 0. The summed E-state index contributed by atoms with van der Waals surface area (Å²) in [6.45, 7) is 2.39. The Hall–Kier alpha value is -0.0800. The third-order valence-corrected chi connectivity index (χ3v) is 2.52. The molecule has 2 fully saturated rings. The van der Waals surface area contributed by atoms with Gasteiger partial charge in [0.05, 0.1) is 0 Å². The SMILES string of the molecule is N[C@H]1C[C@H]2CNC[C@H]21. The Bertz CT molecular complexity index is 103. The monoisotopic (exact) mass is 112 g/mol. The van der Waals surface area contributed by atoms with Gasteiger partial charge in [0.25, 0.3) is 0 Å². The van der Waals surface area contributed by atoms with E-state index >= 15 is 0 Å². The highest BCUT2D eigenvalue weighted by atomic mass is 15.0. The Morgan fingerprint density at radius 1 is 1.38 bits per heavy atom. The van der Waals surface area contributed by atoms with Crippen LogP contribution in [-0.4, -0.2) is 19.1 Å². The molecule has 2 rings (SSSR count). The lowest BCUT2D eigenvalue weighted by atomic mass is 9.72. The van der Waals surface area contributed by atoms with E-state index in [1.165, 1.54) is 19.5 Å². The molecule has 0 aromatic rings. The van der Waals surface area contributed by atoms with E-state index in [4.69, 9.17) is 5.73 Å². The van der Waals surface area contributed by atoms with Crippen molar-refractivity contribution >= 4 is 0 Å². The standard InChI is InChI=1S/C6H12N2/c7-6-1-4-2-8-3-5(4)6/h4-6,8H,1-3,7H2/t4-,5+,6-/m0/s1. The Morgan fingerprint density at radius 3 is 2.75 bits per heavy atom. The Labute approximate surface area is 49.4 Å². The van der Waals surface area contributed by atoms with Crippen LogP contribution in [0.1, 0.15) is 6.42 Å². The molecular formula is C6H12N2. The van der Waals surface area contributed by atoms with Crippen LogP contribution in [0.2, 0.25) is 0 Å². The predicted octanol–water partition coefficient (Wildman–Crippen LogP) is -0.447. The summed E-state index contributed by atoms with van der Waals surface area (Å²) >= 11 is 0. The van der Waals surface area contributed by atoms with E-state index in [0.717, 1.165) is 11.8 Å². The Kier molecular flexibility index (Phi) is 0.866. The van der Waals surface area contributed by atoms with E-state index in [-0.39, 0.29) is 0 Å². The molecule has 8 heavy (non-hydrogen) atoms. The van der Waals surface area contributed by atoms with Crippen molar-refractivity contribution in [2.24, 2.45) is 17.6 Å². The van der Waals surface area contributed by atoms with Gasteiger partial charge in [-0.2, -0.15) is 0 Å². The maximum Gasteiger partial charge on any atom is 0.00856 e. The van der Waals surface area contributed by atoms with Crippen molar-refractivity contribution in [2.45, 2.75) is 12.5 Å². The fourth-order valence-electron chi connectivity index (χ4n) is 1.84. The summed E-state index contributed by atoms with van der Waals surface area (Å²) < 4.78 is 0. The van der Waals surface area contributed by atoms with Gasteiger partial charge in [-0.15, -0.1) is 0 Å². The number of fused-ring (bicyclic) bond motifs is 1. The van der Waals surface area contributed by atoms with Crippen LogP contribution in [-0.2, 0) is 0 Å². The molecule has 0 unspecified atom stereocenters. The molecule has 2 nitrogen and oxygen atoms in total. The van der Waals surface area contributed by atoms with Crippen molar-refractivity contribution in [3.8, 4) is 0 Å². The summed E-state index contributed by atoms with van der Waals surface area (Å²) in [5.74, 6) is 1.76. The zero-order valence-corrected chi connectivity index (χ0v) is 4.93. The van der Waals surface area contributed by atoms with Gasteiger partial charge in [0, 0.05) is 6.04 Å². The van der Waals surface area contributed by atoms with Crippen molar-refractivity contribution < 1.29 is 0 Å². The third-order valence-electron chi connectivity index (χ3n) is 2.52. The van der Waals surface area contributed by atoms with E-state index in [1.807, 2.05) is 0 Å². The first-order valence-electron chi connectivity index (χ1n) is 3.34. The van der Waals surface area contributed by atoms with Gasteiger partial charge in [-0.3, -0.25) is 0 Å². The quantitative estimate of drug-likeness (QED) is 0.445. The first kappa shape index (κ1) is 4.77. The molecule has 2 aliphatic rings. The van der Waals surface area contributed by atoms with Crippen molar-refractivity contribution in [1.82, 2.24) is 5.32 Å². The zero-order chi connectivity index (χ0) is 5.56. The smallest absolute Gasteiger partial charge is 0.00856 e. The summed E-state index contributed by atoms with van der Waals surface area (Å²) in [4.78, 5) is 0. The molecule has 0 radical (unpaired) electrons. The molecule has 0 amide bonds. The van der Waals surface area contributed by atoms with Crippen LogP contribution in [0.15, 0.2) is 0 Å². The summed E-state index contributed by atoms with van der Waals surface area (Å²) in [5, 5.41) is 3.33. The van der Waals surface area contributed by atoms with Crippen LogP contribution in [0.3, 0.4) is 0 Å². The highest BCUT2D eigenvalue weighted by Gasteiger charge is 2.41. The maximum absolute atomic E-state index is 5.72. The molecule has 2 heteroatoms. The van der Waals surface area contributed by atoms with Gasteiger partial charge in [0.2, 0.25) is 0 Å². The fourth-order valence-corrected chi connectivity index (χ4v) is 1.84. The molecule has 0 aromatic carbocycles. The lowest BCUT2D eigenvalue weighted by Gasteiger charge is -2.36. The van der Waals surface area contributed by atoms with Crippen LogP contribution >= 0.6 is 0 Å². The molecule has 0 aromatic heterocycles. The summed E-state index contributed by atoms with van der Waals surface area (Å²) in [6, 6.07) is 0.523. The van der Waals surface area contributed by atoms with Gasteiger partial charge < -0.3 is 11.1 Å². The average molecular weight is 112 g/mol. The van der Waals surface area contributed by atoms with Crippen LogP contribution < -0.4 is 11.1 Å². The lowest BCUT2D eigenvalue weighted by molar-refractivity contribution is 0.194. The third kappa shape index (κ3) is 0.446. The van der Waals surface area contributed by atoms with Gasteiger partial charge in [0.1, 0.15) is 0 Å². The lowest BCUT2D eigenvalue weighted by Crippen LogP contribution is -2.46. The van der Waals surface area contributed by atoms with Crippen LogP contribution in [0.4, 0.5) is 0 Å². The summed E-state index contributed by atoms with van der Waals surface area (Å²) in [5.41, 5.74) is 5.72. The van der Waals surface area contributed by atoms with Gasteiger partial charge in [-0.05, 0) is 31.3 Å². The molecule has 0 bridgehead atoms. The second-order valence-corrected chi connectivity index (χ2v) is 2.98. The second kappa shape index (κ2) is 1.45. The number of hydrogen-bond donors (Lipinski definition) is 2. The van der Waals surface area contributed by atoms with Crippen molar-refractivity contribution in [3.63, 3.8) is 0 Å². The van der Waals surface area contributed by atoms with E-state index < -0.39 is 0 Å². The minimum Gasteiger partial charge on any atom is -0.327 e. The molecule has 1 saturated carbocycles. The average Bonchev–Trinajstić information content (AvgIpc) is 2.09. The Morgan fingerprint density at radius 2 is 2.25 bits per heavy atom. The normalized spacial score (nSPS) is 52.9. The maximum atomic E-state index is 5.72. The molecule has 3 atom stereocenters. The van der Waals surface area contributed by atoms with Gasteiger partial charge in [-0.1, -0.05) is 0 Å². The van der Waals surface area contributed by atoms with Crippen LogP contribution in [0, 0.1) is 11.8 Å². The fraction of sp³-hybridized carbons (Fsp3) is 1.00. The first-order chi connectivity index (χ1) is 3.88. The zero-order valence-electron chi connectivity index (χ0n) is 4.93.